The molecule has 0 amide bonds. The number of hydrogen-bond acceptors (Lipinski definition) is 7. The molecular formula is C13H16N6O. The van der Waals surface area contributed by atoms with E-state index in [0.717, 1.165) is 25.1 Å². The van der Waals surface area contributed by atoms with E-state index in [2.05, 4.69) is 25.1 Å². The van der Waals surface area contributed by atoms with E-state index < -0.39 is 0 Å². The number of ether oxygens (including phenoxy) is 1. The molecule has 20 heavy (non-hydrogen) atoms. The quantitative estimate of drug-likeness (QED) is 0.897. The predicted molar refractivity (Wildman–Crippen MR) is 74.3 cm³/mol. The van der Waals surface area contributed by atoms with Gasteiger partial charge >= 0.3 is 0 Å². The zero-order chi connectivity index (χ0) is 13.9. The molecule has 1 fully saturated rings. The summed E-state index contributed by atoms with van der Waals surface area (Å²) in [5.74, 6) is 1.64. The molecule has 1 aliphatic heterocycles. The fourth-order valence-electron chi connectivity index (χ4n) is 2.43. The molecule has 2 aromatic heterocycles. The smallest absolute Gasteiger partial charge is 0.229 e. The van der Waals surface area contributed by atoms with Crippen LogP contribution in [0.15, 0.2) is 24.4 Å². The number of hydrogen-bond donors (Lipinski definition) is 1. The van der Waals surface area contributed by atoms with Gasteiger partial charge in [-0.1, -0.05) is 0 Å². The summed E-state index contributed by atoms with van der Waals surface area (Å²) in [4.78, 5) is 10.8. The van der Waals surface area contributed by atoms with Crippen LogP contribution in [0.3, 0.4) is 0 Å². The second-order valence-electron chi connectivity index (χ2n) is 4.63. The van der Waals surface area contributed by atoms with E-state index in [1.165, 1.54) is 0 Å². The molecule has 0 spiro atoms. The number of nitrogens with two attached hydrogens (primary N) is 1. The highest BCUT2D eigenvalue weighted by Gasteiger charge is 2.29. The number of nitrogen functional groups attached to an aromatic ring is 1. The highest BCUT2D eigenvalue weighted by atomic mass is 16.5. The van der Waals surface area contributed by atoms with Crippen LogP contribution in [0.1, 0.15) is 24.6 Å². The summed E-state index contributed by atoms with van der Waals surface area (Å²) in [6.07, 6.45) is 3.77. The molecule has 1 saturated heterocycles. The third-order valence-corrected chi connectivity index (χ3v) is 3.38. The van der Waals surface area contributed by atoms with E-state index in [0.29, 0.717) is 17.6 Å². The molecule has 3 rings (SSSR count). The van der Waals surface area contributed by atoms with Gasteiger partial charge in [0.1, 0.15) is 5.82 Å². The molecule has 2 N–H and O–H groups in total. The molecule has 1 unspecified atom stereocenters. The van der Waals surface area contributed by atoms with Crippen molar-refractivity contribution in [2.24, 2.45) is 0 Å². The number of rotatable bonds is 3. The molecule has 7 nitrogen and oxygen atoms in total. The van der Waals surface area contributed by atoms with Crippen LogP contribution in [-0.2, 0) is 0 Å². The van der Waals surface area contributed by atoms with E-state index >= 15 is 0 Å². The Morgan fingerprint density at radius 1 is 1.30 bits per heavy atom. The van der Waals surface area contributed by atoms with Crippen LogP contribution in [0, 0.1) is 0 Å². The maximum atomic E-state index is 5.58. The Balaban J connectivity index is 1.90. The van der Waals surface area contributed by atoms with Crippen molar-refractivity contribution in [3.05, 3.63) is 30.1 Å². The minimum Gasteiger partial charge on any atom is -0.481 e. The minimum absolute atomic E-state index is 0.134. The first-order valence-electron chi connectivity index (χ1n) is 6.50. The highest BCUT2D eigenvalue weighted by molar-refractivity contribution is 5.38. The molecule has 0 bridgehead atoms. The maximum absolute atomic E-state index is 5.58. The van der Waals surface area contributed by atoms with Crippen LogP contribution >= 0.6 is 0 Å². The van der Waals surface area contributed by atoms with Gasteiger partial charge in [-0.3, -0.25) is 0 Å². The maximum Gasteiger partial charge on any atom is 0.229 e. The van der Waals surface area contributed by atoms with Crippen molar-refractivity contribution in [2.45, 2.75) is 18.9 Å². The van der Waals surface area contributed by atoms with Gasteiger partial charge in [-0.2, -0.15) is 10.1 Å². The normalized spacial score (nSPS) is 18.2. The van der Waals surface area contributed by atoms with Gasteiger partial charge < -0.3 is 15.4 Å². The first-order chi connectivity index (χ1) is 9.78. The number of nitrogens with zero attached hydrogens (tertiary/aromatic N) is 5. The lowest BCUT2D eigenvalue weighted by molar-refractivity contribution is 0.396. The van der Waals surface area contributed by atoms with Gasteiger partial charge in [0, 0.05) is 18.8 Å². The van der Waals surface area contributed by atoms with Crippen molar-refractivity contribution in [3.63, 3.8) is 0 Å². The van der Waals surface area contributed by atoms with Gasteiger partial charge in [0.2, 0.25) is 11.8 Å². The largest absolute Gasteiger partial charge is 0.481 e. The summed E-state index contributed by atoms with van der Waals surface area (Å²) in [5, 5.41) is 8.10. The van der Waals surface area contributed by atoms with E-state index in [1.54, 1.807) is 25.4 Å². The Morgan fingerprint density at radius 3 is 2.95 bits per heavy atom. The van der Waals surface area contributed by atoms with Crippen LogP contribution in [0.4, 0.5) is 11.8 Å². The van der Waals surface area contributed by atoms with Crippen molar-refractivity contribution in [3.8, 4) is 5.88 Å². The van der Waals surface area contributed by atoms with Crippen molar-refractivity contribution >= 4 is 11.8 Å². The molecule has 0 aliphatic carbocycles. The molecule has 1 aliphatic rings. The van der Waals surface area contributed by atoms with Crippen LogP contribution in [0.5, 0.6) is 5.88 Å². The standard InChI is InChI=1S/C13H16N6O/c1-20-12-6-7-15-13(16-12)19-8-2-3-10(19)9-4-5-11(14)18-17-9/h4-7,10H,2-3,8H2,1H3,(H2,14,18). The molecule has 0 aromatic carbocycles. The summed E-state index contributed by atoms with van der Waals surface area (Å²) in [5.41, 5.74) is 6.47. The summed E-state index contributed by atoms with van der Waals surface area (Å²) in [6, 6.07) is 5.55. The average Bonchev–Trinajstić information content (AvgIpc) is 2.97. The Morgan fingerprint density at radius 2 is 2.20 bits per heavy atom. The third kappa shape index (κ3) is 2.34. The lowest BCUT2D eigenvalue weighted by Gasteiger charge is -2.23. The molecule has 0 saturated carbocycles. The number of aromatic nitrogens is 4. The molecular weight excluding hydrogens is 256 g/mol. The predicted octanol–water partition coefficient (Wildman–Crippen LogP) is 1.20. The Hall–Kier alpha value is -2.44. The van der Waals surface area contributed by atoms with Gasteiger partial charge in [-0.05, 0) is 25.0 Å². The fourth-order valence-corrected chi connectivity index (χ4v) is 2.43. The zero-order valence-electron chi connectivity index (χ0n) is 11.2. The Kier molecular flexibility index (Phi) is 3.32. The average molecular weight is 272 g/mol. The zero-order valence-corrected chi connectivity index (χ0v) is 11.2. The van der Waals surface area contributed by atoms with Gasteiger partial charge in [-0.25, -0.2) is 4.98 Å². The monoisotopic (exact) mass is 272 g/mol. The second-order valence-corrected chi connectivity index (χ2v) is 4.63. The van der Waals surface area contributed by atoms with Crippen molar-refractivity contribution in [1.82, 2.24) is 20.2 Å². The molecule has 7 heteroatoms. The number of methoxy groups -OCH3 is 1. The topological polar surface area (TPSA) is 90.0 Å². The van der Waals surface area contributed by atoms with Crippen LogP contribution in [0.25, 0.3) is 0 Å². The molecule has 1 atom stereocenters. The molecule has 2 aromatic rings. The van der Waals surface area contributed by atoms with Crippen LogP contribution < -0.4 is 15.4 Å². The summed E-state index contributed by atoms with van der Waals surface area (Å²) >= 11 is 0. The first kappa shape index (κ1) is 12.6. The third-order valence-electron chi connectivity index (χ3n) is 3.38. The fraction of sp³-hybridized carbons (Fsp3) is 0.385. The first-order valence-corrected chi connectivity index (χ1v) is 6.50. The lowest BCUT2D eigenvalue weighted by Crippen LogP contribution is -2.25. The molecule has 0 radical (unpaired) electrons. The van der Waals surface area contributed by atoms with Crippen molar-refractivity contribution in [1.29, 1.82) is 0 Å². The van der Waals surface area contributed by atoms with E-state index in [9.17, 15) is 0 Å². The van der Waals surface area contributed by atoms with Crippen LogP contribution in [-0.4, -0.2) is 33.8 Å². The second kappa shape index (κ2) is 5.28. The summed E-state index contributed by atoms with van der Waals surface area (Å²) in [7, 11) is 1.60. The summed E-state index contributed by atoms with van der Waals surface area (Å²) < 4.78 is 5.15. The Bertz CT molecular complexity index is 588. The van der Waals surface area contributed by atoms with Gasteiger partial charge in [0.15, 0.2) is 0 Å². The van der Waals surface area contributed by atoms with E-state index in [-0.39, 0.29) is 6.04 Å². The van der Waals surface area contributed by atoms with Gasteiger partial charge in [-0.15, -0.1) is 5.10 Å². The van der Waals surface area contributed by atoms with E-state index in [1.807, 2.05) is 6.07 Å². The molecule has 3 heterocycles. The number of anilines is 2. The van der Waals surface area contributed by atoms with Crippen LogP contribution in [0.2, 0.25) is 0 Å². The summed E-state index contributed by atoms with van der Waals surface area (Å²) in [6.45, 7) is 0.893. The Labute approximate surface area is 116 Å². The highest BCUT2D eigenvalue weighted by Crippen LogP contribution is 2.33. The molecule has 104 valence electrons. The van der Waals surface area contributed by atoms with Gasteiger partial charge in [0.05, 0.1) is 18.8 Å². The minimum atomic E-state index is 0.134. The van der Waals surface area contributed by atoms with Gasteiger partial charge in [0.25, 0.3) is 0 Å². The lowest BCUT2D eigenvalue weighted by atomic mass is 10.1. The van der Waals surface area contributed by atoms with E-state index in [4.69, 9.17) is 10.5 Å². The SMILES string of the molecule is COc1ccnc(N2CCCC2c2ccc(N)nn2)n1. The van der Waals surface area contributed by atoms with Crippen molar-refractivity contribution < 1.29 is 4.74 Å². The van der Waals surface area contributed by atoms with Crippen molar-refractivity contribution in [2.75, 3.05) is 24.3 Å².